The van der Waals surface area contributed by atoms with Gasteiger partial charge in [-0.1, -0.05) is 23.2 Å². The molecule has 80 valence electrons. The minimum Gasteiger partial charge on any atom is -0.302 e. The van der Waals surface area contributed by atoms with E-state index >= 15 is 0 Å². The minimum absolute atomic E-state index is 0.418. The average molecular weight is 244 g/mol. The van der Waals surface area contributed by atoms with Crippen molar-refractivity contribution in [3.63, 3.8) is 0 Å². The van der Waals surface area contributed by atoms with E-state index < -0.39 is 0 Å². The normalized spacial score (nSPS) is 16.2. The number of hydrogen-bond acceptors (Lipinski definition) is 2. The van der Waals surface area contributed by atoms with Gasteiger partial charge >= 0.3 is 0 Å². The lowest BCUT2D eigenvalue weighted by Gasteiger charge is -2.26. The Labute approximate surface area is 98.8 Å². The molecule has 0 saturated carbocycles. The van der Waals surface area contributed by atoms with Crippen LogP contribution in [0, 0.1) is 0 Å². The van der Waals surface area contributed by atoms with Gasteiger partial charge in [0.2, 0.25) is 0 Å². The van der Waals surface area contributed by atoms with Gasteiger partial charge in [0.1, 0.15) is 0 Å². The number of likely N-dealkylation sites (N-methyl/N-ethyl adjacent to an activating group) is 1. The highest BCUT2D eigenvalue weighted by Crippen LogP contribution is 2.33. The van der Waals surface area contributed by atoms with Gasteiger partial charge in [0, 0.05) is 13.1 Å². The summed E-state index contributed by atoms with van der Waals surface area (Å²) in [5.41, 5.74) is 2.62. The van der Waals surface area contributed by atoms with Crippen molar-refractivity contribution in [1.29, 1.82) is 0 Å². The number of aldehydes is 1. The quantitative estimate of drug-likeness (QED) is 0.708. The van der Waals surface area contributed by atoms with Crippen molar-refractivity contribution in [3.05, 3.63) is 32.8 Å². The smallest absolute Gasteiger partial charge is 0.153 e. The van der Waals surface area contributed by atoms with Gasteiger partial charge in [0.15, 0.2) is 6.29 Å². The Morgan fingerprint density at radius 2 is 2.20 bits per heavy atom. The van der Waals surface area contributed by atoms with E-state index in [0.717, 1.165) is 36.9 Å². The molecule has 0 fully saturated rings. The second-order valence-electron chi connectivity index (χ2n) is 3.83. The number of fused-ring (bicyclic) bond motifs is 1. The molecule has 0 amide bonds. The third-order valence-corrected chi connectivity index (χ3v) is 3.49. The van der Waals surface area contributed by atoms with Crippen molar-refractivity contribution in [1.82, 2.24) is 4.90 Å². The highest BCUT2D eigenvalue weighted by molar-refractivity contribution is 6.39. The molecule has 1 aliphatic heterocycles. The number of carbonyl (C=O) groups excluding carboxylic acids is 1. The molecule has 2 rings (SSSR count). The zero-order chi connectivity index (χ0) is 11.0. The molecule has 0 unspecified atom stereocenters. The van der Waals surface area contributed by atoms with Crippen LogP contribution in [-0.4, -0.2) is 24.8 Å². The summed E-state index contributed by atoms with van der Waals surface area (Å²) in [6, 6.07) is 1.85. The molecular formula is C11H11Cl2NO. The third-order valence-electron chi connectivity index (χ3n) is 2.75. The largest absolute Gasteiger partial charge is 0.302 e. The number of nitrogens with zero attached hydrogens (tertiary/aromatic N) is 1. The molecule has 0 N–H and O–H groups in total. The molecule has 2 nitrogen and oxygen atoms in total. The maximum Gasteiger partial charge on any atom is 0.153 e. The molecule has 0 aliphatic carbocycles. The number of carbonyl (C=O) groups is 1. The van der Waals surface area contributed by atoms with E-state index in [1.807, 2.05) is 6.07 Å². The van der Waals surface area contributed by atoms with Crippen LogP contribution in [0.3, 0.4) is 0 Å². The van der Waals surface area contributed by atoms with E-state index in [1.165, 1.54) is 0 Å². The maximum absolute atomic E-state index is 10.8. The summed E-state index contributed by atoms with van der Waals surface area (Å²) in [5.74, 6) is 0. The van der Waals surface area contributed by atoms with Crippen molar-refractivity contribution >= 4 is 29.5 Å². The monoisotopic (exact) mass is 243 g/mol. The zero-order valence-corrected chi connectivity index (χ0v) is 9.90. The second kappa shape index (κ2) is 4.12. The summed E-state index contributed by atoms with van der Waals surface area (Å²) in [5, 5.41) is 0.977. The highest BCUT2D eigenvalue weighted by Gasteiger charge is 2.20. The average Bonchev–Trinajstić information content (AvgIpc) is 2.17. The third kappa shape index (κ3) is 1.89. The van der Waals surface area contributed by atoms with E-state index in [2.05, 4.69) is 11.9 Å². The van der Waals surface area contributed by atoms with Crippen LogP contribution in [0.1, 0.15) is 21.5 Å². The minimum atomic E-state index is 0.418. The van der Waals surface area contributed by atoms with Gasteiger partial charge in [-0.15, -0.1) is 0 Å². The van der Waals surface area contributed by atoms with Gasteiger partial charge < -0.3 is 4.90 Å². The Kier molecular flexibility index (Phi) is 3.01. The molecule has 0 atom stereocenters. The standard InChI is InChI=1S/C11H11Cl2NO/c1-14-3-2-8-7(5-14)4-10(12)9(6-15)11(8)13/h4,6H,2-3,5H2,1H3. The van der Waals surface area contributed by atoms with Crippen LogP contribution >= 0.6 is 23.2 Å². The molecule has 0 bridgehead atoms. The predicted molar refractivity (Wildman–Crippen MR) is 61.9 cm³/mol. The Hall–Kier alpha value is -0.570. The van der Waals surface area contributed by atoms with Crippen LogP contribution in [0.2, 0.25) is 10.0 Å². The lowest BCUT2D eigenvalue weighted by molar-refractivity contribution is 0.112. The molecular weight excluding hydrogens is 233 g/mol. The lowest BCUT2D eigenvalue weighted by Crippen LogP contribution is -2.27. The summed E-state index contributed by atoms with van der Waals surface area (Å²) >= 11 is 12.1. The van der Waals surface area contributed by atoms with E-state index in [4.69, 9.17) is 23.2 Å². The Bertz CT molecular complexity index is 418. The summed E-state index contributed by atoms with van der Waals surface area (Å²) in [6.07, 6.45) is 1.60. The van der Waals surface area contributed by atoms with E-state index in [1.54, 1.807) is 0 Å². The highest BCUT2D eigenvalue weighted by atomic mass is 35.5. The van der Waals surface area contributed by atoms with Crippen LogP contribution in [-0.2, 0) is 13.0 Å². The molecule has 0 saturated heterocycles. The van der Waals surface area contributed by atoms with Crippen LogP contribution in [0.15, 0.2) is 6.07 Å². The van der Waals surface area contributed by atoms with E-state index in [0.29, 0.717) is 15.6 Å². The van der Waals surface area contributed by atoms with Crippen LogP contribution in [0.25, 0.3) is 0 Å². The fourth-order valence-corrected chi connectivity index (χ4v) is 2.60. The molecule has 0 radical (unpaired) electrons. The molecule has 4 heteroatoms. The topological polar surface area (TPSA) is 20.3 Å². The maximum atomic E-state index is 10.8. The van der Waals surface area contributed by atoms with Gasteiger partial charge in [-0.05, 0) is 30.7 Å². The first-order valence-corrected chi connectivity index (χ1v) is 5.52. The first kappa shape index (κ1) is 10.9. The van der Waals surface area contributed by atoms with Crippen molar-refractivity contribution in [2.45, 2.75) is 13.0 Å². The summed E-state index contributed by atoms with van der Waals surface area (Å²) in [6.45, 7) is 1.81. The van der Waals surface area contributed by atoms with Gasteiger partial charge in [-0.25, -0.2) is 0 Å². The molecule has 1 aliphatic rings. The first-order chi connectivity index (χ1) is 7.13. The number of rotatable bonds is 1. The fraction of sp³-hybridized carbons (Fsp3) is 0.364. The number of hydrogen-bond donors (Lipinski definition) is 0. The van der Waals surface area contributed by atoms with Crippen LogP contribution in [0.5, 0.6) is 0 Å². The van der Waals surface area contributed by atoms with Gasteiger partial charge in [0.05, 0.1) is 15.6 Å². The second-order valence-corrected chi connectivity index (χ2v) is 4.61. The molecule has 0 aromatic heterocycles. The lowest BCUT2D eigenvalue weighted by atomic mass is 9.97. The molecule has 1 aromatic carbocycles. The van der Waals surface area contributed by atoms with Crippen molar-refractivity contribution in [2.75, 3.05) is 13.6 Å². The summed E-state index contributed by atoms with van der Waals surface area (Å²) < 4.78 is 0. The van der Waals surface area contributed by atoms with Crippen molar-refractivity contribution < 1.29 is 4.79 Å². The Morgan fingerprint density at radius 3 is 2.87 bits per heavy atom. The van der Waals surface area contributed by atoms with E-state index in [-0.39, 0.29) is 0 Å². The number of benzene rings is 1. The SMILES string of the molecule is CN1CCc2c(cc(Cl)c(C=O)c2Cl)C1. The van der Waals surface area contributed by atoms with E-state index in [9.17, 15) is 4.79 Å². The predicted octanol–water partition coefficient (Wildman–Crippen LogP) is 2.79. The van der Waals surface area contributed by atoms with Crippen LogP contribution < -0.4 is 0 Å². The van der Waals surface area contributed by atoms with Gasteiger partial charge in [0.25, 0.3) is 0 Å². The van der Waals surface area contributed by atoms with Gasteiger partial charge in [-0.3, -0.25) is 4.79 Å². The molecule has 1 heterocycles. The first-order valence-electron chi connectivity index (χ1n) is 4.77. The molecule has 0 spiro atoms. The Morgan fingerprint density at radius 1 is 1.47 bits per heavy atom. The zero-order valence-electron chi connectivity index (χ0n) is 8.39. The fourth-order valence-electron chi connectivity index (χ4n) is 1.92. The van der Waals surface area contributed by atoms with Gasteiger partial charge in [-0.2, -0.15) is 0 Å². The van der Waals surface area contributed by atoms with Crippen molar-refractivity contribution in [3.8, 4) is 0 Å². The van der Waals surface area contributed by atoms with Crippen molar-refractivity contribution in [2.24, 2.45) is 0 Å². The summed E-state index contributed by atoms with van der Waals surface area (Å²) in [4.78, 5) is 13.0. The van der Waals surface area contributed by atoms with Crippen LogP contribution in [0.4, 0.5) is 0 Å². The number of halogens is 2. The molecule has 1 aromatic rings. The molecule has 15 heavy (non-hydrogen) atoms. The summed E-state index contributed by atoms with van der Waals surface area (Å²) in [7, 11) is 2.05. The Balaban J connectivity index is 2.57.